The molecule has 1 aromatic heterocycles. The van der Waals surface area contributed by atoms with Crippen molar-refractivity contribution in [1.29, 1.82) is 0 Å². The number of thiophene rings is 1. The quantitative estimate of drug-likeness (QED) is 0.745. The van der Waals surface area contributed by atoms with Gasteiger partial charge in [0.25, 0.3) is 0 Å². The molecule has 0 saturated carbocycles. The van der Waals surface area contributed by atoms with Gasteiger partial charge in [-0.2, -0.15) is 0 Å². The Bertz CT molecular complexity index is 512. The molecule has 102 valence electrons. The maximum Gasteiger partial charge on any atom is 0.124 e. The second kappa shape index (κ2) is 7.68. The van der Waals surface area contributed by atoms with Gasteiger partial charge in [0, 0.05) is 11.0 Å². The molecule has 0 amide bonds. The molecule has 0 spiro atoms. The Labute approximate surface area is 126 Å². The van der Waals surface area contributed by atoms with Crippen LogP contribution >= 0.6 is 27.3 Å². The van der Waals surface area contributed by atoms with Crippen LogP contribution in [0.3, 0.4) is 0 Å². The van der Waals surface area contributed by atoms with Crippen molar-refractivity contribution in [2.24, 2.45) is 0 Å². The van der Waals surface area contributed by atoms with Crippen molar-refractivity contribution in [2.75, 3.05) is 6.54 Å². The smallest absolute Gasteiger partial charge is 0.124 e. The summed E-state index contributed by atoms with van der Waals surface area (Å²) in [6.45, 7) is 4.73. The average Bonchev–Trinajstić information content (AvgIpc) is 2.83. The SMILES string of the molecule is CCCNCc1cccc(OCc2sccc2Br)c1. The normalized spacial score (nSPS) is 10.6. The summed E-state index contributed by atoms with van der Waals surface area (Å²) < 4.78 is 6.95. The molecule has 19 heavy (non-hydrogen) atoms. The molecular formula is C15H18BrNOS. The Morgan fingerprint density at radius 2 is 2.21 bits per heavy atom. The van der Waals surface area contributed by atoms with E-state index < -0.39 is 0 Å². The van der Waals surface area contributed by atoms with Crippen LogP contribution in [0, 0.1) is 0 Å². The number of ether oxygens (including phenoxy) is 1. The van der Waals surface area contributed by atoms with Crippen molar-refractivity contribution < 1.29 is 4.74 Å². The molecule has 0 fully saturated rings. The third-order valence-corrected chi connectivity index (χ3v) is 4.62. The van der Waals surface area contributed by atoms with E-state index in [2.05, 4.69) is 51.7 Å². The van der Waals surface area contributed by atoms with Crippen molar-refractivity contribution in [2.45, 2.75) is 26.5 Å². The summed E-state index contributed by atoms with van der Waals surface area (Å²) in [6, 6.07) is 10.3. The zero-order valence-corrected chi connectivity index (χ0v) is 13.4. The van der Waals surface area contributed by atoms with Gasteiger partial charge in [0.15, 0.2) is 0 Å². The molecule has 2 rings (SSSR count). The zero-order valence-electron chi connectivity index (χ0n) is 11.0. The van der Waals surface area contributed by atoms with Crippen molar-refractivity contribution in [3.05, 3.63) is 50.6 Å². The molecule has 0 radical (unpaired) electrons. The molecule has 1 heterocycles. The maximum absolute atomic E-state index is 5.83. The monoisotopic (exact) mass is 339 g/mol. The van der Waals surface area contributed by atoms with E-state index in [1.807, 2.05) is 12.1 Å². The van der Waals surface area contributed by atoms with Crippen LogP contribution in [-0.4, -0.2) is 6.54 Å². The topological polar surface area (TPSA) is 21.3 Å². The van der Waals surface area contributed by atoms with E-state index in [0.29, 0.717) is 6.61 Å². The molecule has 0 saturated heterocycles. The first kappa shape index (κ1) is 14.6. The lowest BCUT2D eigenvalue weighted by Crippen LogP contribution is -2.13. The van der Waals surface area contributed by atoms with E-state index in [-0.39, 0.29) is 0 Å². The van der Waals surface area contributed by atoms with Crippen LogP contribution in [0.4, 0.5) is 0 Å². The fraction of sp³-hybridized carbons (Fsp3) is 0.333. The van der Waals surface area contributed by atoms with Gasteiger partial charge >= 0.3 is 0 Å². The number of nitrogens with one attached hydrogen (secondary N) is 1. The second-order valence-corrected chi connectivity index (χ2v) is 6.16. The standard InChI is InChI=1S/C15H18BrNOS/c1-2-7-17-10-12-4-3-5-13(9-12)18-11-15-14(16)6-8-19-15/h3-6,8-9,17H,2,7,10-11H2,1H3. The third-order valence-electron chi connectivity index (χ3n) is 2.72. The van der Waals surface area contributed by atoms with Crippen LogP contribution in [0.15, 0.2) is 40.2 Å². The van der Waals surface area contributed by atoms with E-state index in [0.717, 1.165) is 29.7 Å². The number of halogens is 1. The highest BCUT2D eigenvalue weighted by Gasteiger charge is 2.03. The number of hydrogen-bond donors (Lipinski definition) is 1. The minimum absolute atomic E-state index is 0.615. The molecule has 2 aromatic rings. The Hall–Kier alpha value is -0.840. The van der Waals surface area contributed by atoms with E-state index in [9.17, 15) is 0 Å². The lowest BCUT2D eigenvalue weighted by molar-refractivity contribution is 0.309. The Morgan fingerprint density at radius 1 is 1.32 bits per heavy atom. The van der Waals surface area contributed by atoms with Crippen LogP contribution < -0.4 is 10.1 Å². The van der Waals surface area contributed by atoms with Crippen molar-refractivity contribution in [1.82, 2.24) is 5.32 Å². The molecule has 0 aliphatic rings. The van der Waals surface area contributed by atoms with Gasteiger partial charge in [-0.25, -0.2) is 0 Å². The zero-order chi connectivity index (χ0) is 13.5. The van der Waals surface area contributed by atoms with Gasteiger partial charge in [-0.15, -0.1) is 11.3 Å². The van der Waals surface area contributed by atoms with Gasteiger partial charge in [-0.3, -0.25) is 0 Å². The van der Waals surface area contributed by atoms with Crippen molar-refractivity contribution in [3.63, 3.8) is 0 Å². The largest absolute Gasteiger partial charge is 0.488 e. The van der Waals surface area contributed by atoms with Crippen LogP contribution in [0.2, 0.25) is 0 Å². The summed E-state index contributed by atoms with van der Waals surface area (Å²) >= 11 is 5.22. The van der Waals surface area contributed by atoms with Crippen molar-refractivity contribution >= 4 is 27.3 Å². The van der Waals surface area contributed by atoms with Gasteiger partial charge in [0.1, 0.15) is 12.4 Å². The molecule has 1 aromatic carbocycles. The van der Waals surface area contributed by atoms with Gasteiger partial charge < -0.3 is 10.1 Å². The van der Waals surface area contributed by atoms with Crippen LogP contribution in [-0.2, 0) is 13.2 Å². The Kier molecular flexibility index (Phi) is 5.89. The highest BCUT2D eigenvalue weighted by atomic mass is 79.9. The predicted octanol–water partition coefficient (Wildman–Crippen LogP) is 4.59. The van der Waals surface area contributed by atoms with Crippen LogP contribution in [0.5, 0.6) is 5.75 Å². The fourth-order valence-corrected chi connectivity index (χ4v) is 3.11. The summed E-state index contributed by atoms with van der Waals surface area (Å²) in [7, 11) is 0. The third kappa shape index (κ3) is 4.64. The van der Waals surface area contributed by atoms with Crippen LogP contribution in [0.25, 0.3) is 0 Å². The minimum atomic E-state index is 0.615. The fourth-order valence-electron chi connectivity index (χ4n) is 1.73. The van der Waals surface area contributed by atoms with Gasteiger partial charge in [-0.05, 0) is 58.0 Å². The van der Waals surface area contributed by atoms with E-state index in [1.165, 1.54) is 10.4 Å². The number of hydrogen-bond acceptors (Lipinski definition) is 3. The second-order valence-electron chi connectivity index (χ2n) is 4.30. The summed E-state index contributed by atoms with van der Waals surface area (Å²) in [5, 5.41) is 5.46. The maximum atomic E-state index is 5.83. The molecular weight excluding hydrogens is 322 g/mol. The summed E-state index contributed by atoms with van der Waals surface area (Å²) in [5.41, 5.74) is 1.26. The van der Waals surface area contributed by atoms with E-state index >= 15 is 0 Å². The molecule has 0 atom stereocenters. The number of benzene rings is 1. The van der Waals surface area contributed by atoms with Gasteiger partial charge in [-0.1, -0.05) is 19.1 Å². The molecule has 1 N–H and O–H groups in total. The van der Waals surface area contributed by atoms with Crippen LogP contribution in [0.1, 0.15) is 23.8 Å². The summed E-state index contributed by atoms with van der Waals surface area (Å²) in [4.78, 5) is 1.22. The molecule has 0 unspecified atom stereocenters. The van der Waals surface area contributed by atoms with Gasteiger partial charge in [0.05, 0.1) is 4.88 Å². The first-order valence-corrected chi connectivity index (χ1v) is 8.11. The predicted molar refractivity (Wildman–Crippen MR) is 84.8 cm³/mol. The molecule has 2 nitrogen and oxygen atoms in total. The lowest BCUT2D eigenvalue weighted by atomic mass is 10.2. The van der Waals surface area contributed by atoms with E-state index in [1.54, 1.807) is 11.3 Å². The molecule has 4 heteroatoms. The summed E-state index contributed by atoms with van der Waals surface area (Å²) in [6.07, 6.45) is 1.16. The molecule has 0 aliphatic carbocycles. The first-order chi connectivity index (χ1) is 9.29. The molecule has 0 bridgehead atoms. The Morgan fingerprint density at radius 3 is 2.95 bits per heavy atom. The van der Waals surface area contributed by atoms with E-state index in [4.69, 9.17) is 4.74 Å². The molecule has 0 aliphatic heterocycles. The average molecular weight is 340 g/mol. The van der Waals surface area contributed by atoms with Crippen molar-refractivity contribution in [3.8, 4) is 5.75 Å². The lowest BCUT2D eigenvalue weighted by Gasteiger charge is -2.08. The summed E-state index contributed by atoms with van der Waals surface area (Å²) in [5.74, 6) is 0.927. The van der Waals surface area contributed by atoms with Gasteiger partial charge in [0.2, 0.25) is 0 Å². The highest BCUT2D eigenvalue weighted by molar-refractivity contribution is 9.10. The minimum Gasteiger partial charge on any atom is -0.488 e. The first-order valence-electron chi connectivity index (χ1n) is 6.44. The Balaban J connectivity index is 1.90. The highest BCUT2D eigenvalue weighted by Crippen LogP contribution is 2.24. The number of rotatable bonds is 7.